The Morgan fingerprint density at radius 2 is 1.75 bits per heavy atom. The number of carbonyl (C=O) groups excluding carboxylic acids is 1. The summed E-state index contributed by atoms with van der Waals surface area (Å²) in [5, 5.41) is 18.3. The fraction of sp³-hybridized carbons (Fsp3) is 0.241. The van der Waals surface area contributed by atoms with Gasteiger partial charge in [-0.1, -0.05) is 29.8 Å². The summed E-state index contributed by atoms with van der Waals surface area (Å²) >= 11 is 0. The number of amides is 1. The Labute approximate surface area is 231 Å². The lowest BCUT2D eigenvalue weighted by Crippen LogP contribution is -2.51. The number of hydrogen-bond donors (Lipinski definition) is 1. The van der Waals surface area contributed by atoms with Crippen LogP contribution < -0.4 is 10.6 Å². The topological polar surface area (TPSA) is 134 Å². The number of pyridine rings is 1. The number of nitrogens with two attached hydrogens (primary N) is 1. The van der Waals surface area contributed by atoms with Crippen LogP contribution in [0.1, 0.15) is 22.7 Å². The molecule has 1 aliphatic heterocycles. The second kappa shape index (κ2) is 10.2. The van der Waals surface area contributed by atoms with Crippen molar-refractivity contribution in [2.24, 2.45) is 12.8 Å². The molecule has 0 aliphatic carbocycles. The zero-order valence-electron chi connectivity index (χ0n) is 22.3. The zero-order chi connectivity index (χ0) is 27.8. The molecule has 6 rings (SSSR count). The highest BCUT2D eigenvalue weighted by Gasteiger charge is 2.27. The molecule has 0 spiro atoms. The molecule has 4 aromatic heterocycles. The van der Waals surface area contributed by atoms with E-state index in [2.05, 4.69) is 21.2 Å². The van der Waals surface area contributed by atoms with Gasteiger partial charge in [-0.3, -0.25) is 9.48 Å². The Morgan fingerprint density at radius 3 is 2.40 bits per heavy atom. The van der Waals surface area contributed by atoms with E-state index in [-0.39, 0.29) is 5.91 Å². The molecule has 1 amide bonds. The minimum atomic E-state index is -0.668. The molecule has 1 atom stereocenters. The van der Waals surface area contributed by atoms with E-state index >= 15 is 0 Å². The van der Waals surface area contributed by atoms with Crippen LogP contribution in [0.3, 0.4) is 0 Å². The number of anilines is 1. The molecule has 0 unspecified atom stereocenters. The lowest BCUT2D eigenvalue weighted by molar-refractivity contribution is -0.133. The highest BCUT2D eigenvalue weighted by atomic mass is 16.2. The van der Waals surface area contributed by atoms with Crippen molar-refractivity contribution in [3.63, 3.8) is 0 Å². The zero-order valence-corrected chi connectivity index (χ0v) is 22.3. The fourth-order valence-electron chi connectivity index (χ4n) is 4.97. The first-order valence-corrected chi connectivity index (χ1v) is 13.0. The summed E-state index contributed by atoms with van der Waals surface area (Å²) in [6.07, 6.45) is 8.73. The van der Waals surface area contributed by atoms with Gasteiger partial charge in [0.2, 0.25) is 5.91 Å². The van der Waals surface area contributed by atoms with Crippen LogP contribution in [0.5, 0.6) is 0 Å². The molecule has 5 aromatic rings. The number of piperazine rings is 1. The van der Waals surface area contributed by atoms with Crippen LogP contribution in [0.4, 0.5) is 5.82 Å². The third-order valence-corrected chi connectivity index (χ3v) is 7.26. The van der Waals surface area contributed by atoms with Crippen molar-refractivity contribution in [1.82, 2.24) is 34.3 Å². The van der Waals surface area contributed by atoms with Gasteiger partial charge in [-0.2, -0.15) is 15.5 Å². The first-order valence-electron chi connectivity index (χ1n) is 13.0. The first kappa shape index (κ1) is 25.2. The molecule has 5 heterocycles. The van der Waals surface area contributed by atoms with Crippen molar-refractivity contribution in [1.29, 1.82) is 5.26 Å². The highest BCUT2D eigenvalue weighted by Crippen LogP contribution is 2.29. The van der Waals surface area contributed by atoms with Gasteiger partial charge >= 0.3 is 0 Å². The maximum atomic E-state index is 13.0. The minimum absolute atomic E-state index is 0.0653. The van der Waals surface area contributed by atoms with Crippen LogP contribution in [0.2, 0.25) is 0 Å². The Hall–Kier alpha value is -5.08. The quantitative estimate of drug-likeness (QED) is 0.365. The van der Waals surface area contributed by atoms with Crippen molar-refractivity contribution >= 4 is 17.2 Å². The Kier molecular flexibility index (Phi) is 6.45. The third-order valence-electron chi connectivity index (χ3n) is 7.26. The molecule has 2 N–H and O–H groups in total. The minimum Gasteiger partial charge on any atom is -0.353 e. The fourth-order valence-corrected chi connectivity index (χ4v) is 4.97. The second-order valence-corrected chi connectivity index (χ2v) is 9.95. The summed E-state index contributed by atoms with van der Waals surface area (Å²) in [6, 6.07) is 13.2. The Bertz CT molecular complexity index is 1720. The number of carbonyl (C=O) groups is 1. The van der Waals surface area contributed by atoms with E-state index in [1.54, 1.807) is 34.0 Å². The van der Waals surface area contributed by atoms with Gasteiger partial charge < -0.3 is 15.5 Å². The van der Waals surface area contributed by atoms with Crippen molar-refractivity contribution in [2.45, 2.75) is 13.0 Å². The first-order chi connectivity index (χ1) is 19.4. The van der Waals surface area contributed by atoms with Crippen LogP contribution in [0, 0.1) is 18.3 Å². The van der Waals surface area contributed by atoms with Gasteiger partial charge in [-0.05, 0) is 24.6 Å². The number of aryl methyl sites for hydroxylation is 2. The van der Waals surface area contributed by atoms with Gasteiger partial charge in [0.15, 0.2) is 0 Å². The molecule has 40 heavy (non-hydrogen) atoms. The lowest BCUT2D eigenvalue weighted by Gasteiger charge is -2.36. The summed E-state index contributed by atoms with van der Waals surface area (Å²) < 4.78 is 3.39. The summed E-state index contributed by atoms with van der Waals surface area (Å²) in [5.74, 6) is 0.747. The predicted octanol–water partition coefficient (Wildman–Crippen LogP) is 2.72. The molecule has 1 aliphatic rings. The van der Waals surface area contributed by atoms with E-state index in [9.17, 15) is 10.1 Å². The van der Waals surface area contributed by atoms with Crippen LogP contribution in [0.15, 0.2) is 67.4 Å². The molecule has 0 bridgehead atoms. The number of hydrogen-bond acceptors (Lipinski definition) is 8. The van der Waals surface area contributed by atoms with E-state index in [0.717, 1.165) is 28.1 Å². The van der Waals surface area contributed by atoms with Crippen molar-refractivity contribution < 1.29 is 4.79 Å². The van der Waals surface area contributed by atoms with Crippen LogP contribution in [0.25, 0.3) is 28.0 Å². The maximum absolute atomic E-state index is 13.0. The average molecular weight is 533 g/mol. The molecule has 1 aromatic carbocycles. The van der Waals surface area contributed by atoms with Crippen molar-refractivity contribution in [3.8, 4) is 28.6 Å². The normalized spacial score (nSPS) is 14.3. The molecule has 11 nitrogen and oxygen atoms in total. The summed E-state index contributed by atoms with van der Waals surface area (Å²) in [5.41, 5.74) is 12.2. The SMILES string of the molecule is Cc1ccc([C@@H](N)C(=O)N2CCN(c3ccc(-c4nc(-c5cnn(C)c5)cn5ncc(C#N)c45)cn3)CC2)cc1. The molecule has 0 saturated carbocycles. The van der Waals surface area contributed by atoms with Gasteiger partial charge in [-0.15, -0.1) is 0 Å². The number of nitrogens with zero attached hydrogens (tertiary/aromatic N) is 9. The molecule has 0 radical (unpaired) electrons. The molecule has 11 heteroatoms. The number of fused-ring (bicyclic) bond motifs is 1. The summed E-state index contributed by atoms with van der Waals surface area (Å²) in [7, 11) is 1.85. The smallest absolute Gasteiger partial charge is 0.244 e. The Balaban J connectivity index is 1.20. The molecule has 1 fully saturated rings. The highest BCUT2D eigenvalue weighted by molar-refractivity contribution is 5.84. The van der Waals surface area contributed by atoms with Crippen LogP contribution in [-0.2, 0) is 11.8 Å². The number of nitriles is 1. The molecule has 1 saturated heterocycles. The van der Waals surface area contributed by atoms with Gasteiger partial charge in [0.25, 0.3) is 0 Å². The summed E-state index contributed by atoms with van der Waals surface area (Å²) in [4.78, 5) is 26.6. The molecular formula is C29H28N10O. The number of rotatable bonds is 5. The second-order valence-electron chi connectivity index (χ2n) is 9.95. The van der Waals surface area contributed by atoms with Crippen LogP contribution in [-0.4, -0.2) is 66.3 Å². The molecule has 200 valence electrons. The van der Waals surface area contributed by atoms with Gasteiger partial charge in [0.05, 0.1) is 30.0 Å². The largest absolute Gasteiger partial charge is 0.353 e. The van der Waals surface area contributed by atoms with E-state index in [0.29, 0.717) is 48.6 Å². The monoisotopic (exact) mass is 532 g/mol. The number of aromatic nitrogens is 6. The number of benzene rings is 1. The van der Waals surface area contributed by atoms with E-state index < -0.39 is 6.04 Å². The summed E-state index contributed by atoms with van der Waals surface area (Å²) in [6.45, 7) is 4.45. The van der Waals surface area contributed by atoms with E-state index in [1.165, 1.54) is 0 Å². The average Bonchev–Trinajstić information content (AvgIpc) is 3.62. The van der Waals surface area contributed by atoms with Gasteiger partial charge in [0, 0.05) is 56.7 Å². The third kappa shape index (κ3) is 4.65. The van der Waals surface area contributed by atoms with E-state index in [4.69, 9.17) is 15.7 Å². The lowest BCUT2D eigenvalue weighted by atomic mass is 10.0. The van der Waals surface area contributed by atoms with E-state index in [1.807, 2.05) is 61.5 Å². The van der Waals surface area contributed by atoms with Gasteiger partial charge in [-0.25, -0.2) is 14.5 Å². The Morgan fingerprint density at radius 1 is 0.975 bits per heavy atom. The predicted molar refractivity (Wildman–Crippen MR) is 150 cm³/mol. The van der Waals surface area contributed by atoms with Crippen LogP contribution >= 0.6 is 0 Å². The maximum Gasteiger partial charge on any atom is 0.244 e. The van der Waals surface area contributed by atoms with Crippen molar-refractivity contribution in [3.05, 3.63) is 84.1 Å². The standard InChI is InChI=1S/C29H28N10O/c1-19-3-5-20(6-4-19)26(31)29(40)38-11-9-37(10-12-38)25-8-7-21(14-32-25)27-28-22(13-30)15-34-39(28)18-24(35-27)23-16-33-36(2)17-23/h3-8,14-18,26H,9-12,31H2,1-2H3/t26-/m1/s1. The van der Waals surface area contributed by atoms with Gasteiger partial charge in [0.1, 0.15) is 29.0 Å². The molecular weight excluding hydrogens is 504 g/mol. The van der Waals surface area contributed by atoms with Crippen molar-refractivity contribution in [2.75, 3.05) is 31.1 Å².